The summed E-state index contributed by atoms with van der Waals surface area (Å²) in [6.45, 7) is 0.872. The molecule has 0 bridgehead atoms. The van der Waals surface area contributed by atoms with E-state index in [1.54, 1.807) is 6.07 Å². The van der Waals surface area contributed by atoms with Gasteiger partial charge < -0.3 is 35.1 Å². The van der Waals surface area contributed by atoms with Gasteiger partial charge in [0.15, 0.2) is 6.29 Å². The Bertz CT molecular complexity index is 1410. The van der Waals surface area contributed by atoms with Gasteiger partial charge in [0.1, 0.15) is 17.7 Å². The second-order valence-electron chi connectivity index (χ2n) is 11.8. The zero-order valence-electron chi connectivity index (χ0n) is 25.0. The lowest BCUT2D eigenvalue weighted by Gasteiger charge is -2.30. The Morgan fingerprint density at radius 2 is 1.82 bits per heavy atom. The molecule has 5 atom stereocenters. The number of nitrogens with one attached hydrogen (secondary N) is 1. The average Bonchev–Trinajstić information content (AvgIpc) is 3.59. The fourth-order valence-electron chi connectivity index (χ4n) is 6.09. The molecular weight excluding hydrogens is 612 g/mol. The third-order valence-corrected chi connectivity index (χ3v) is 10.4. The van der Waals surface area contributed by atoms with Crippen molar-refractivity contribution in [2.75, 3.05) is 38.6 Å². The number of amides is 1. The molecule has 14 heteroatoms. The average molecular weight is 654 g/mol. The Labute approximate surface area is 262 Å². The predicted octanol–water partition coefficient (Wildman–Crippen LogP) is 3.48. The van der Waals surface area contributed by atoms with Crippen LogP contribution in [0.3, 0.4) is 0 Å². The van der Waals surface area contributed by atoms with E-state index in [0.29, 0.717) is 37.3 Å². The molecule has 1 amide bonds. The van der Waals surface area contributed by atoms with Crippen molar-refractivity contribution >= 4 is 21.8 Å². The van der Waals surface area contributed by atoms with Crippen molar-refractivity contribution in [3.63, 3.8) is 0 Å². The van der Waals surface area contributed by atoms with Crippen LogP contribution in [-0.2, 0) is 42.0 Å². The number of ether oxygens (including phenoxy) is 4. The van der Waals surface area contributed by atoms with Crippen molar-refractivity contribution in [1.82, 2.24) is 9.62 Å². The molecule has 0 saturated carbocycles. The summed E-state index contributed by atoms with van der Waals surface area (Å²) >= 11 is 0. The lowest BCUT2D eigenvalue weighted by atomic mass is 10.0. The molecule has 248 valence electrons. The summed E-state index contributed by atoms with van der Waals surface area (Å²) in [6.07, 6.45) is 1.04. The van der Waals surface area contributed by atoms with Crippen molar-refractivity contribution < 1.29 is 46.0 Å². The lowest BCUT2D eigenvalue weighted by molar-refractivity contribution is -0.0907. The van der Waals surface area contributed by atoms with E-state index in [9.17, 15) is 27.1 Å². The second kappa shape index (κ2) is 15.1. The number of alkyl carbamates (subject to hydrolysis) is 1. The zero-order valence-corrected chi connectivity index (χ0v) is 25.9. The molecule has 3 aliphatic heterocycles. The first-order chi connectivity index (χ1) is 21.6. The molecule has 4 N–H and O–H groups in total. The number of β-amino-alcohol motifs (C(OH)–C–C–N with tert-alkyl or cyclic N) is 1. The summed E-state index contributed by atoms with van der Waals surface area (Å²) < 4.78 is 79.9. The Morgan fingerprint density at radius 3 is 2.62 bits per heavy atom. The van der Waals surface area contributed by atoms with Crippen molar-refractivity contribution in [2.24, 2.45) is 5.92 Å². The van der Waals surface area contributed by atoms with Crippen LogP contribution in [0.1, 0.15) is 49.7 Å². The van der Waals surface area contributed by atoms with Gasteiger partial charge in [-0.3, -0.25) is 0 Å². The number of nitrogens with zero attached hydrogens (tertiary/aromatic N) is 1. The summed E-state index contributed by atoms with van der Waals surface area (Å²) in [4.78, 5) is 13.1. The third-order valence-electron chi connectivity index (χ3n) is 8.44. The first-order valence-corrected chi connectivity index (χ1v) is 16.8. The molecule has 2 fully saturated rings. The summed E-state index contributed by atoms with van der Waals surface area (Å²) in [5.41, 5.74) is 6.92. The maximum absolute atomic E-state index is 14.1. The van der Waals surface area contributed by atoms with Crippen molar-refractivity contribution in [2.45, 2.75) is 81.0 Å². The van der Waals surface area contributed by atoms with Gasteiger partial charge in [0.25, 0.3) is 0 Å². The number of aliphatic hydroxyl groups excluding tert-OH is 1. The Hall–Kier alpha value is -2.88. The summed E-state index contributed by atoms with van der Waals surface area (Å²) in [5, 5.41) is 14.1. The SMILES string of the molecule is Nc1ccc2c(c1)COCCCCCCCN(C[C@@H](O)[C@H](Cc1cc(F)cc(F)c1)NC(=O)O[C@H]1CO[C@H]3OCC[C@H]31)S2(=O)=O. The maximum Gasteiger partial charge on any atom is 0.407 e. The minimum Gasteiger partial charge on any atom is -0.443 e. The van der Waals surface area contributed by atoms with Gasteiger partial charge in [-0.15, -0.1) is 0 Å². The number of hydrogen-bond donors (Lipinski definition) is 3. The van der Waals surface area contributed by atoms with Gasteiger partial charge in [-0.1, -0.05) is 19.3 Å². The number of benzene rings is 2. The molecule has 2 aromatic carbocycles. The van der Waals surface area contributed by atoms with E-state index in [-0.39, 0.29) is 42.6 Å². The Balaban J connectivity index is 1.39. The van der Waals surface area contributed by atoms with Gasteiger partial charge in [-0.05, 0) is 67.1 Å². The van der Waals surface area contributed by atoms with E-state index in [1.807, 2.05) is 0 Å². The molecule has 0 unspecified atom stereocenters. The van der Waals surface area contributed by atoms with Crippen LogP contribution in [0.5, 0.6) is 0 Å². The fourth-order valence-corrected chi connectivity index (χ4v) is 7.78. The highest BCUT2D eigenvalue weighted by Crippen LogP contribution is 2.33. The normalized spacial score (nSPS) is 25.5. The Morgan fingerprint density at radius 1 is 1.07 bits per heavy atom. The first-order valence-electron chi connectivity index (χ1n) is 15.4. The number of nitrogens with two attached hydrogens (primary N) is 1. The minimum atomic E-state index is -4.17. The highest BCUT2D eigenvalue weighted by Gasteiger charge is 2.44. The molecule has 3 heterocycles. The number of nitrogen functional groups attached to an aromatic ring is 1. The van der Waals surface area contributed by atoms with Crippen LogP contribution in [0.25, 0.3) is 0 Å². The summed E-state index contributed by atoms with van der Waals surface area (Å²) in [6, 6.07) is 6.23. The zero-order chi connectivity index (χ0) is 32.0. The van der Waals surface area contributed by atoms with Crippen LogP contribution in [0.4, 0.5) is 19.3 Å². The van der Waals surface area contributed by atoms with Gasteiger partial charge in [-0.2, -0.15) is 4.31 Å². The number of fused-ring (bicyclic) bond motifs is 2. The van der Waals surface area contributed by atoms with E-state index in [1.165, 1.54) is 16.4 Å². The highest BCUT2D eigenvalue weighted by atomic mass is 32.2. The Kier molecular flexibility index (Phi) is 11.3. The number of aliphatic hydroxyl groups is 1. The standard InChI is InChI=1S/C31H41F2N3O8S/c32-22-12-20(13-23(33)16-22)14-26(35-31(38)44-28-19-43-30-25(28)8-11-42-30)27(37)17-36-9-4-2-1-3-5-10-41-18-21-15-24(34)6-7-29(21)45(36,39)40/h6-7,12-13,15-16,25-28,30,37H,1-5,8-11,14,17-19,34H2,(H,35,38)/t25-,26-,27+,28-,30+/m0/s1. The molecule has 3 aliphatic rings. The molecule has 2 aromatic rings. The topological polar surface area (TPSA) is 150 Å². The van der Waals surface area contributed by atoms with E-state index >= 15 is 0 Å². The third kappa shape index (κ3) is 8.69. The molecule has 0 radical (unpaired) electrons. The lowest BCUT2D eigenvalue weighted by Crippen LogP contribution is -2.51. The number of carbonyl (C=O) groups is 1. The largest absolute Gasteiger partial charge is 0.443 e. The van der Waals surface area contributed by atoms with E-state index in [2.05, 4.69) is 5.32 Å². The van der Waals surface area contributed by atoms with Gasteiger partial charge in [0.2, 0.25) is 10.0 Å². The quantitative estimate of drug-likeness (QED) is 0.382. The van der Waals surface area contributed by atoms with Gasteiger partial charge in [0.05, 0.1) is 42.8 Å². The highest BCUT2D eigenvalue weighted by molar-refractivity contribution is 7.89. The maximum atomic E-state index is 14.1. The van der Waals surface area contributed by atoms with Crippen molar-refractivity contribution in [1.29, 1.82) is 0 Å². The predicted molar refractivity (Wildman–Crippen MR) is 159 cm³/mol. The van der Waals surface area contributed by atoms with E-state index in [4.69, 9.17) is 24.7 Å². The first kappa shape index (κ1) is 33.5. The summed E-state index contributed by atoms with van der Waals surface area (Å²) in [7, 11) is -4.17. The van der Waals surface area contributed by atoms with Gasteiger partial charge in [0, 0.05) is 31.5 Å². The molecule has 11 nitrogen and oxygen atoms in total. The number of carbonyl (C=O) groups excluding carboxylic acids is 1. The summed E-state index contributed by atoms with van der Waals surface area (Å²) in [5.74, 6) is -1.78. The van der Waals surface area contributed by atoms with Crippen LogP contribution >= 0.6 is 0 Å². The second-order valence-corrected chi connectivity index (χ2v) is 13.7. The van der Waals surface area contributed by atoms with Crippen molar-refractivity contribution in [3.8, 4) is 0 Å². The molecular formula is C31H41F2N3O8S. The molecule has 5 rings (SSSR count). The van der Waals surface area contributed by atoms with E-state index in [0.717, 1.165) is 43.9 Å². The number of halogens is 2. The number of hydrogen-bond acceptors (Lipinski definition) is 9. The monoisotopic (exact) mass is 653 g/mol. The molecule has 0 aromatic heterocycles. The van der Waals surface area contributed by atoms with Crippen LogP contribution in [0.15, 0.2) is 41.3 Å². The molecule has 0 aliphatic carbocycles. The molecule has 45 heavy (non-hydrogen) atoms. The number of rotatable bonds is 7. The number of anilines is 1. The molecule has 2 saturated heterocycles. The van der Waals surface area contributed by atoms with Crippen molar-refractivity contribution in [3.05, 3.63) is 59.2 Å². The minimum absolute atomic E-state index is 0.00818. The smallest absolute Gasteiger partial charge is 0.407 e. The van der Waals surface area contributed by atoms with Crippen LogP contribution in [-0.4, -0.2) is 81.4 Å². The van der Waals surface area contributed by atoms with Crippen LogP contribution in [0.2, 0.25) is 0 Å². The van der Waals surface area contributed by atoms with Crippen LogP contribution in [0, 0.1) is 17.6 Å². The molecule has 0 spiro atoms. The van der Waals surface area contributed by atoms with E-state index < -0.39 is 58.8 Å². The van der Waals surface area contributed by atoms with Gasteiger partial charge in [-0.25, -0.2) is 22.0 Å². The van der Waals surface area contributed by atoms with Crippen LogP contribution < -0.4 is 11.1 Å². The fraction of sp³-hybridized carbons (Fsp3) is 0.581. The number of sulfonamides is 1. The van der Waals surface area contributed by atoms with Gasteiger partial charge >= 0.3 is 6.09 Å².